The van der Waals surface area contributed by atoms with Gasteiger partial charge in [-0.2, -0.15) is 23.0 Å². The van der Waals surface area contributed by atoms with Gasteiger partial charge in [0.1, 0.15) is 23.0 Å². The first-order chi connectivity index (χ1) is 17.3. The Balaban J connectivity index is 1.39. The molecule has 188 valence electrons. The van der Waals surface area contributed by atoms with Crippen LogP contribution in [0.3, 0.4) is 0 Å². The molecule has 0 spiro atoms. The lowest BCUT2D eigenvalue weighted by molar-refractivity contribution is -0.137. The van der Waals surface area contributed by atoms with E-state index in [-0.39, 0.29) is 18.2 Å². The molecule has 0 aliphatic carbocycles. The maximum atomic E-state index is 12.8. The number of tetrazole rings is 1. The number of carbonyl (C=O) groups is 1. The largest absolute Gasteiger partial charge is 0.497 e. The quantitative estimate of drug-likeness (QED) is 0.334. The summed E-state index contributed by atoms with van der Waals surface area (Å²) in [7, 11) is 3.05. The lowest BCUT2D eigenvalue weighted by Crippen LogP contribution is -2.18. The van der Waals surface area contributed by atoms with Gasteiger partial charge in [-0.15, -0.1) is 5.10 Å². The zero-order valence-corrected chi connectivity index (χ0v) is 19.9. The zero-order valence-electron chi connectivity index (χ0n) is 19.1. The van der Waals surface area contributed by atoms with E-state index >= 15 is 0 Å². The summed E-state index contributed by atoms with van der Waals surface area (Å²) >= 11 is 1.11. The monoisotopic (exact) mass is 519 g/mol. The number of halogens is 3. The molecule has 36 heavy (non-hydrogen) atoms. The lowest BCUT2D eigenvalue weighted by atomic mass is 10.1. The molecule has 10 nitrogen and oxygen atoms in total. The highest BCUT2D eigenvalue weighted by molar-refractivity contribution is 7.99. The first-order valence-corrected chi connectivity index (χ1v) is 11.4. The number of methoxy groups -OCH3 is 2. The molecule has 1 N–H and O–H groups in total. The number of hydrogen-bond donors (Lipinski definition) is 1. The van der Waals surface area contributed by atoms with Crippen LogP contribution in [0.2, 0.25) is 0 Å². The molecule has 4 aromatic rings. The molecule has 0 aliphatic heterocycles. The van der Waals surface area contributed by atoms with Crippen molar-refractivity contribution < 1.29 is 27.4 Å². The van der Waals surface area contributed by atoms with Crippen molar-refractivity contribution >= 4 is 23.5 Å². The Bertz CT molecular complexity index is 1340. The van der Waals surface area contributed by atoms with Crippen molar-refractivity contribution in [1.29, 1.82) is 0 Å². The van der Waals surface area contributed by atoms with E-state index < -0.39 is 11.7 Å². The molecule has 0 aliphatic rings. The molecule has 0 radical (unpaired) electrons. The molecule has 0 saturated carbocycles. The van der Waals surface area contributed by atoms with Gasteiger partial charge >= 0.3 is 6.18 Å². The molecule has 0 fully saturated rings. The predicted octanol–water partition coefficient (Wildman–Crippen LogP) is 3.67. The number of carbonyl (C=O) groups excluding carboxylic acids is 1. The molecule has 0 bridgehead atoms. The summed E-state index contributed by atoms with van der Waals surface area (Å²) in [5.41, 5.74) is 0.442. The fourth-order valence-electron chi connectivity index (χ4n) is 3.23. The Kier molecular flexibility index (Phi) is 7.43. The van der Waals surface area contributed by atoms with Crippen molar-refractivity contribution in [1.82, 2.24) is 30.0 Å². The number of benzene rings is 2. The smallest absolute Gasteiger partial charge is 0.416 e. The van der Waals surface area contributed by atoms with Crippen molar-refractivity contribution in [2.75, 3.05) is 25.3 Å². The fourth-order valence-corrected chi connectivity index (χ4v) is 3.91. The molecular formula is C22H20F3N7O3S. The Labute approximate surface area is 207 Å². The van der Waals surface area contributed by atoms with E-state index in [2.05, 4.69) is 25.9 Å². The summed E-state index contributed by atoms with van der Waals surface area (Å²) in [6.07, 6.45) is -2.91. The van der Waals surface area contributed by atoms with Crippen molar-refractivity contribution in [3.63, 3.8) is 0 Å². The van der Waals surface area contributed by atoms with Crippen LogP contribution >= 0.6 is 11.8 Å². The normalized spacial score (nSPS) is 11.4. The van der Waals surface area contributed by atoms with Crippen molar-refractivity contribution in [2.24, 2.45) is 0 Å². The van der Waals surface area contributed by atoms with Gasteiger partial charge in [-0.3, -0.25) is 4.79 Å². The number of aromatic nitrogens is 6. The van der Waals surface area contributed by atoms with Crippen LogP contribution < -0.4 is 14.8 Å². The lowest BCUT2D eigenvalue weighted by Gasteiger charge is -2.11. The van der Waals surface area contributed by atoms with Gasteiger partial charge in [-0.05, 0) is 40.3 Å². The number of nitrogens with one attached hydrogen (secondary N) is 1. The molecule has 14 heteroatoms. The second kappa shape index (κ2) is 10.7. The van der Waals surface area contributed by atoms with Crippen molar-refractivity contribution in [2.45, 2.75) is 17.9 Å². The molecule has 2 aromatic heterocycles. The maximum Gasteiger partial charge on any atom is 0.416 e. The number of thioether (sulfide) groups is 1. The van der Waals surface area contributed by atoms with E-state index in [4.69, 9.17) is 9.47 Å². The van der Waals surface area contributed by atoms with Gasteiger partial charge in [0.25, 0.3) is 0 Å². The second-order valence-corrected chi connectivity index (χ2v) is 8.26. The van der Waals surface area contributed by atoms with Crippen LogP contribution in [-0.2, 0) is 17.5 Å². The SMILES string of the molecule is COc1ccc(-n2nnnc2SCC(=O)Nc2ccnn2Cc2ccc(C(F)(F)F)cc2)c(OC)c1. The van der Waals surface area contributed by atoms with Crippen molar-refractivity contribution in [3.05, 3.63) is 65.9 Å². The fraction of sp³-hybridized carbons (Fsp3) is 0.227. The van der Waals surface area contributed by atoms with Crippen LogP contribution in [0.1, 0.15) is 11.1 Å². The summed E-state index contributed by atoms with van der Waals surface area (Å²) < 4.78 is 51.9. The third kappa shape index (κ3) is 5.76. The average Bonchev–Trinajstić information content (AvgIpc) is 3.51. The molecule has 1 amide bonds. The number of alkyl halides is 3. The summed E-state index contributed by atoms with van der Waals surface area (Å²) in [5, 5.41) is 18.9. The summed E-state index contributed by atoms with van der Waals surface area (Å²) in [6, 6.07) is 11.5. The van der Waals surface area contributed by atoms with E-state index in [0.29, 0.717) is 33.7 Å². The number of anilines is 1. The van der Waals surface area contributed by atoms with E-state index in [1.807, 2.05) is 0 Å². The number of nitrogens with zero attached hydrogens (tertiary/aromatic N) is 6. The summed E-state index contributed by atoms with van der Waals surface area (Å²) in [4.78, 5) is 12.6. The van der Waals surface area contributed by atoms with Crippen LogP contribution in [0.4, 0.5) is 19.0 Å². The maximum absolute atomic E-state index is 12.8. The van der Waals surface area contributed by atoms with Gasteiger partial charge in [0.2, 0.25) is 11.1 Å². The molecule has 4 rings (SSSR count). The zero-order chi connectivity index (χ0) is 25.7. The van der Waals surface area contributed by atoms with Gasteiger partial charge in [0.05, 0.1) is 38.3 Å². The van der Waals surface area contributed by atoms with E-state index in [0.717, 1.165) is 23.9 Å². The van der Waals surface area contributed by atoms with Crippen LogP contribution in [0.5, 0.6) is 11.5 Å². The minimum absolute atomic E-state index is 0.00962. The molecular weight excluding hydrogens is 499 g/mol. The first-order valence-electron chi connectivity index (χ1n) is 10.4. The third-order valence-electron chi connectivity index (χ3n) is 4.99. The molecule has 0 unspecified atom stereocenters. The van der Waals surface area contributed by atoms with Crippen molar-refractivity contribution in [3.8, 4) is 17.2 Å². The highest BCUT2D eigenvalue weighted by Crippen LogP contribution is 2.30. The number of hydrogen-bond acceptors (Lipinski definition) is 8. The average molecular weight is 520 g/mol. The summed E-state index contributed by atoms with van der Waals surface area (Å²) in [5.74, 6) is 1.14. The topological polar surface area (TPSA) is 109 Å². The Morgan fingerprint density at radius 2 is 1.86 bits per heavy atom. The predicted molar refractivity (Wildman–Crippen MR) is 124 cm³/mol. The molecule has 0 atom stereocenters. The molecule has 0 saturated heterocycles. The molecule has 2 heterocycles. The van der Waals surface area contributed by atoms with Gasteiger partial charge < -0.3 is 14.8 Å². The highest BCUT2D eigenvalue weighted by atomic mass is 32.2. The first kappa shape index (κ1) is 25.0. The standard InChI is InChI=1S/C22H20F3N7O3S/c1-34-16-7-8-17(18(11-16)35-2)32-21(28-29-30-32)36-13-20(33)27-19-9-10-26-31(19)12-14-3-5-15(6-4-14)22(23,24)25/h3-11H,12-13H2,1-2H3,(H,27,33). The van der Waals surface area contributed by atoms with Gasteiger partial charge in [0.15, 0.2) is 0 Å². The van der Waals surface area contributed by atoms with Crippen LogP contribution in [0.15, 0.2) is 59.9 Å². The van der Waals surface area contributed by atoms with Crippen LogP contribution in [0.25, 0.3) is 5.69 Å². The minimum Gasteiger partial charge on any atom is -0.497 e. The van der Waals surface area contributed by atoms with Gasteiger partial charge in [-0.25, -0.2) is 4.68 Å². The number of ether oxygens (including phenoxy) is 2. The highest BCUT2D eigenvalue weighted by Gasteiger charge is 2.30. The number of rotatable bonds is 9. The Hall–Kier alpha value is -4.07. The Morgan fingerprint density at radius 3 is 2.56 bits per heavy atom. The van der Waals surface area contributed by atoms with Gasteiger partial charge in [0, 0.05) is 12.1 Å². The van der Waals surface area contributed by atoms with Crippen LogP contribution in [0, 0.1) is 0 Å². The number of amides is 1. The third-order valence-corrected chi connectivity index (χ3v) is 5.91. The minimum atomic E-state index is -4.40. The summed E-state index contributed by atoms with van der Waals surface area (Å²) in [6.45, 7) is 0.184. The van der Waals surface area contributed by atoms with E-state index in [1.165, 1.54) is 34.8 Å². The van der Waals surface area contributed by atoms with E-state index in [9.17, 15) is 18.0 Å². The second-order valence-electron chi connectivity index (χ2n) is 7.32. The molecule has 2 aromatic carbocycles. The van der Waals surface area contributed by atoms with Crippen LogP contribution in [-0.4, -0.2) is 55.9 Å². The van der Waals surface area contributed by atoms with E-state index in [1.54, 1.807) is 31.4 Å². The Morgan fingerprint density at radius 1 is 1.08 bits per heavy atom. The van der Waals surface area contributed by atoms with Gasteiger partial charge in [-0.1, -0.05) is 23.9 Å².